The Hall–Kier alpha value is -1.03. The second kappa shape index (κ2) is 8.14. The molecular weight excluding hydrogens is 292 g/mol. The molecule has 18 heavy (non-hydrogen) atoms. The van der Waals surface area contributed by atoms with Crippen LogP contribution >= 0.6 is 15.9 Å². The Bertz CT molecular complexity index is 393. The minimum absolute atomic E-state index is 0.113. The molecule has 4 heteroatoms. The number of hydrogen-bond donors (Lipinski definition) is 2. The van der Waals surface area contributed by atoms with E-state index in [1.54, 1.807) is 0 Å². The Morgan fingerprint density at radius 2 is 2.11 bits per heavy atom. The third kappa shape index (κ3) is 5.54. The first-order valence-corrected chi connectivity index (χ1v) is 7.19. The lowest BCUT2D eigenvalue weighted by Crippen LogP contribution is -2.26. The Kier molecular flexibility index (Phi) is 6.80. The molecule has 1 amide bonds. The van der Waals surface area contributed by atoms with E-state index in [4.69, 9.17) is 0 Å². The molecule has 0 aliphatic carbocycles. The topological polar surface area (TPSA) is 41.1 Å². The van der Waals surface area contributed by atoms with Gasteiger partial charge in [0.25, 0.3) is 0 Å². The van der Waals surface area contributed by atoms with Gasteiger partial charge in [-0.1, -0.05) is 35.3 Å². The van der Waals surface area contributed by atoms with Gasteiger partial charge in [0.1, 0.15) is 0 Å². The summed E-state index contributed by atoms with van der Waals surface area (Å²) in [5.74, 6) is 0.113. The van der Waals surface area contributed by atoms with Gasteiger partial charge < -0.3 is 10.6 Å². The molecule has 100 valence electrons. The smallest absolute Gasteiger partial charge is 0.221 e. The zero-order chi connectivity index (χ0) is 13.4. The predicted octanol–water partition coefficient (Wildman–Crippen LogP) is 3.48. The van der Waals surface area contributed by atoms with Crippen molar-refractivity contribution in [2.75, 3.05) is 18.4 Å². The van der Waals surface area contributed by atoms with E-state index in [9.17, 15) is 4.79 Å². The average Bonchev–Trinajstić information content (AvgIpc) is 2.34. The van der Waals surface area contributed by atoms with Crippen molar-refractivity contribution in [3.05, 3.63) is 28.2 Å². The standard InChI is InChI=1S/C14H21BrN2O/c1-3-4-8-17-14(18)7-9-16-12-6-5-11(2)13(15)10-12/h5-6,10,16H,3-4,7-9H2,1-2H3,(H,17,18). The third-order valence-corrected chi connectivity index (χ3v) is 3.56. The van der Waals surface area contributed by atoms with Crippen LogP contribution in [0.3, 0.4) is 0 Å². The molecule has 0 aliphatic rings. The van der Waals surface area contributed by atoms with Crippen LogP contribution in [0, 0.1) is 6.92 Å². The number of amides is 1. The largest absolute Gasteiger partial charge is 0.384 e. The van der Waals surface area contributed by atoms with E-state index < -0.39 is 0 Å². The van der Waals surface area contributed by atoms with Crippen LogP contribution in [-0.2, 0) is 4.79 Å². The van der Waals surface area contributed by atoms with Crippen molar-refractivity contribution in [3.63, 3.8) is 0 Å². The maximum Gasteiger partial charge on any atom is 0.221 e. The SMILES string of the molecule is CCCCNC(=O)CCNc1ccc(C)c(Br)c1. The molecule has 1 rings (SSSR count). The molecule has 0 aliphatic heterocycles. The quantitative estimate of drug-likeness (QED) is 0.757. The van der Waals surface area contributed by atoms with Crippen LogP contribution in [0.4, 0.5) is 5.69 Å². The van der Waals surface area contributed by atoms with E-state index >= 15 is 0 Å². The fourth-order valence-electron chi connectivity index (χ4n) is 1.52. The van der Waals surface area contributed by atoms with Crippen molar-refractivity contribution in [3.8, 4) is 0 Å². The number of carbonyl (C=O) groups is 1. The van der Waals surface area contributed by atoms with E-state index in [-0.39, 0.29) is 5.91 Å². The van der Waals surface area contributed by atoms with Crippen LogP contribution in [0.15, 0.2) is 22.7 Å². The molecule has 0 spiro atoms. The highest BCUT2D eigenvalue weighted by molar-refractivity contribution is 9.10. The molecule has 0 aromatic heterocycles. The molecule has 0 bridgehead atoms. The maximum absolute atomic E-state index is 11.5. The fourth-order valence-corrected chi connectivity index (χ4v) is 1.89. The Labute approximate surface area is 117 Å². The highest BCUT2D eigenvalue weighted by Gasteiger charge is 2.01. The number of benzene rings is 1. The van der Waals surface area contributed by atoms with Crippen LogP contribution in [0.2, 0.25) is 0 Å². The van der Waals surface area contributed by atoms with Gasteiger partial charge in [-0.15, -0.1) is 0 Å². The lowest BCUT2D eigenvalue weighted by Gasteiger charge is -2.08. The van der Waals surface area contributed by atoms with Gasteiger partial charge in [0.15, 0.2) is 0 Å². The molecular formula is C14H21BrN2O. The number of halogens is 1. The Morgan fingerprint density at radius 1 is 1.33 bits per heavy atom. The van der Waals surface area contributed by atoms with Crippen molar-refractivity contribution in [2.45, 2.75) is 33.1 Å². The van der Waals surface area contributed by atoms with Gasteiger partial charge in [0.2, 0.25) is 5.91 Å². The monoisotopic (exact) mass is 312 g/mol. The van der Waals surface area contributed by atoms with Gasteiger partial charge in [-0.3, -0.25) is 4.79 Å². The van der Waals surface area contributed by atoms with Gasteiger partial charge >= 0.3 is 0 Å². The fraction of sp³-hybridized carbons (Fsp3) is 0.500. The van der Waals surface area contributed by atoms with Crippen LogP contribution < -0.4 is 10.6 Å². The van der Waals surface area contributed by atoms with Crippen LogP contribution in [0.1, 0.15) is 31.7 Å². The van der Waals surface area contributed by atoms with Gasteiger partial charge in [0, 0.05) is 29.7 Å². The molecule has 0 fully saturated rings. The molecule has 1 aromatic carbocycles. The van der Waals surface area contributed by atoms with Gasteiger partial charge in [-0.25, -0.2) is 0 Å². The van der Waals surface area contributed by atoms with Crippen LogP contribution in [0.5, 0.6) is 0 Å². The molecule has 1 aromatic rings. The predicted molar refractivity (Wildman–Crippen MR) is 79.9 cm³/mol. The van der Waals surface area contributed by atoms with Crippen LogP contribution in [0.25, 0.3) is 0 Å². The molecule has 0 saturated heterocycles. The molecule has 0 unspecified atom stereocenters. The summed E-state index contributed by atoms with van der Waals surface area (Å²) < 4.78 is 1.08. The van der Waals surface area contributed by atoms with Gasteiger partial charge in [-0.2, -0.15) is 0 Å². The second-order valence-corrected chi connectivity index (χ2v) is 5.20. The summed E-state index contributed by atoms with van der Waals surface area (Å²) in [6.07, 6.45) is 2.66. The van der Waals surface area contributed by atoms with Crippen LogP contribution in [-0.4, -0.2) is 19.0 Å². The van der Waals surface area contributed by atoms with Crippen molar-refractivity contribution >= 4 is 27.5 Å². The first-order chi connectivity index (χ1) is 8.63. The van der Waals surface area contributed by atoms with Crippen molar-refractivity contribution in [1.82, 2.24) is 5.32 Å². The number of carbonyl (C=O) groups excluding carboxylic acids is 1. The minimum Gasteiger partial charge on any atom is -0.384 e. The molecule has 0 atom stereocenters. The Morgan fingerprint density at radius 3 is 2.78 bits per heavy atom. The van der Waals surface area contributed by atoms with E-state index in [0.29, 0.717) is 13.0 Å². The third-order valence-electron chi connectivity index (χ3n) is 2.71. The molecule has 3 nitrogen and oxygen atoms in total. The molecule has 0 saturated carbocycles. The van der Waals surface area contributed by atoms with E-state index in [2.05, 4.69) is 40.4 Å². The normalized spacial score (nSPS) is 10.2. The lowest BCUT2D eigenvalue weighted by atomic mass is 10.2. The number of unbranched alkanes of at least 4 members (excludes halogenated alkanes) is 1. The zero-order valence-corrected chi connectivity index (χ0v) is 12.6. The summed E-state index contributed by atoms with van der Waals surface area (Å²) in [4.78, 5) is 11.5. The lowest BCUT2D eigenvalue weighted by molar-refractivity contribution is -0.120. The first-order valence-electron chi connectivity index (χ1n) is 6.40. The van der Waals surface area contributed by atoms with Crippen molar-refractivity contribution < 1.29 is 4.79 Å². The van der Waals surface area contributed by atoms with E-state index in [0.717, 1.165) is 29.5 Å². The molecule has 0 radical (unpaired) electrons. The summed E-state index contributed by atoms with van der Waals surface area (Å²) in [7, 11) is 0. The molecule has 2 N–H and O–H groups in total. The minimum atomic E-state index is 0.113. The first kappa shape index (κ1) is 15.0. The average molecular weight is 313 g/mol. The van der Waals surface area contributed by atoms with Gasteiger partial charge in [-0.05, 0) is 31.0 Å². The Balaban J connectivity index is 2.24. The maximum atomic E-state index is 11.5. The number of aryl methyl sites for hydroxylation is 1. The number of nitrogens with one attached hydrogen (secondary N) is 2. The zero-order valence-electron chi connectivity index (χ0n) is 11.1. The highest BCUT2D eigenvalue weighted by Crippen LogP contribution is 2.20. The summed E-state index contributed by atoms with van der Waals surface area (Å²) in [6.45, 7) is 5.61. The van der Waals surface area contributed by atoms with E-state index in [1.807, 2.05) is 18.2 Å². The summed E-state index contributed by atoms with van der Waals surface area (Å²) in [5.41, 5.74) is 2.24. The van der Waals surface area contributed by atoms with Crippen molar-refractivity contribution in [1.29, 1.82) is 0 Å². The molecule has 0 heterocycles. The van der Waals surface area contributed by atoms with E-state index in [1.165, 1.54) is 5.56 Å². The van der Waals surface area contributed by atoms with Crippen molar-refractivity contribution in [2.24, 2.45) is 0 Å². The number of rotatable bonds is 7. The summed E-state index contributed by atoms with van der Waals surface area (Å²) >= 11 is 3.49. The summed E-state index contributed by atoms with van der Waals surface area (Å²) in [5, 5.41) is 6.15. The van der Waals surface area contributed by atoms with Gasteiger partial charge in [0.05, 0.1) is 0 Å². The number of anilines is 1. The summed E-state index contributed by atoms with van der Waals surface area (Å²) in [6, 6.07) is 6.10. The second-order valence-electron chi connectivity index (χ2n) is 4.34. The highest BCUT2D eigenvalue weighted by atomic mass is 79.9. The number of hydrogen-bond acceptors (Lipinski definition) is 2.